The number of rotatable bonds is 5. The maximum atomic E-state index is 12.9. The van der Waals surface area contributed by atoms with Crippen LogP contribution in [-0.2, 0) is 12.6 Å². The highest BCUT2D eigenvalue weighted by atomic mass is 19.4. The Labute approximate surface area is 133 Å². The fraction of sp³-hybridized carbons (Fsp3) is 0.462. The third-order valence-corrected chi connectivity index (χ3v) is 3.46. The Kier molecular flexibility index (Phi) is 4.45. The molecule has 0 bridgehead atoms. The number of alkyl halides is 3. The molecule has 11 heteroatoms. The molecule has 24 heavy (non-hydrogen) atoms. The second kappa shape index (κ2) is 6.06. The topological polar surface area (TPSA) is 115 Å². The van der Waals surface area contributed by atoms with Gasteiger partial charge in [0, 0.05) is 0 Å². The summed E-state index contributed by atoms with van der Waals surface area (Å²) in [5.41, 5.74) is -2.29. The third kappa shape index (κ3) is 3.29. The molecule has 0 aliphatic heterocycles. The van der Waals surface area contributed by atoms with Gasteiger partial charge in [-0.25, -0.2) is 4.98 Å². The van der Waals surface area contributed by atoms with Gasteiger partial charge < -0.3 is 4.98 Å². The van der Waals surface area contributed by atoms with Crippen LogP contribution in [0.5, 0.6) is 0 Å². The summed E-state index contributed by atoms with van der Waals surface area (Å²) in [5, 5.41) is 22.3. The number of fused-ring (bicyclic) bond motifs is 1. The molecule has 0 radical (unpaired) electrons. The van der Waals surface area contributed by atoms with Crippen LogP contribution in [-0.4, -0.2) is 19.8 Å². The van der Waals surface area contributed by atoms with Gasteiger partial charge in [-0.05, 0) is 18.8 Å². The summed E-state index contributed by atoms with van der Waals surface area (Å²) >= 11 is 0. The van der Waals surface area contributed by atoms with Gasteiger partial charge in [-0.3, -0.25) is 20.2 Å². The summed E-state index contributed by atoms with van der Waals surface area (Å²) in [6, 6.07) is 0.666. The van der Waals surface area contributed by atoms with Crippen molar-refractivity contribution >= 4 is 22.4 Å². The SMILES string of the molecule is CC(C)CCc1c([N+](=O)[O-])cc([N+](=O)[O-])c2nc(C(F)(F)F)[nH]c12. The molecule has 0 saturated carbocycles. The Morgan fingerprint density at radius 3 is 2.25 bits per heavy atom. The van der Waals surface area contributed by atoms with E-state index in [-0.39, 0.29) is 23.4 Å². The first-order chi connectivity index (χ1) is 11.0. The number of non-ortho nitro benzene ring substituents is 1. The van der Waals surface area contributed by atoms with Gasteiger partial charge in [0.25, 0.3) is 5.69 Å². The molecule has 130 valence electrons. The third-order valence-electron chi connectivity index (χ3n) is 3.46. The number of aromatic amines is 1. The molecule has 1 heterocycles. The fourth-order valence-electron chi connectivity index (χ4n) is 2.31. The van der Waals surface area contributed by atoms with Crippen LogP contribution in [0.3, 0.4) is 0 Å². The van der Waals surface area contributed by atoms with E-state index in [2.05, 4.69) is 4.98 Å². The average Bonchev–Trinajstić information content (AvgIpc) is 2.88. The van der Waals surface area contributed by atoms with Crippen molar-refractivity contribution in [2.75, 3.05) is 0 Å². The molecule has 8 nitrogen and oxygen atoms in total. The normalized spacial score (nSPS) is 12.1. The predicted octanol–water partition coefficient (Wildman–Crippen LogP) is 3.99. The Bertz CT molecular complexity index is 814. The number of benzene rings is 1. The first-order valence-electron chi connectivity index (χ1n) is 6.94. The van der Waals surface area contributed by atoms with Crippen LogP contribution in [0.15, 0.2) is 6.07 Å². The molecule has 1 aromatic carbocycles. The number of aryl methyl sites for hydroxylation is 1. The molecule has 0 spiro atoms. The van der Waals surface area contributed by atoms with Crippen LogP contribution in [0.4, 0.5) is 24.5 Å². The van der Waals surface area contributed by atoms with Crippen molar-refractivity contribution in [2.24, 2.45) is 5.92 Å². The van der Waals surface area contributed by atoms with Crippen molar-refractivity contribution in [3.05, 3.63) is 37.7 Å². The van der Waals surface area contributed by atoms with Crippen molar-refractivity contribution in [2.45, 2.75) is 32.9 Å². The Morgan fingerprint density at radius 2 is 1.79 bits per heavy atom. The number of halogens is 3. The highest BCUT2D eigenvalue weighted by molar-refractivity contribution is 5.91. The van der Waals surface area contributed by atoms with Gasteiger partial charge in [-0.15, -0.1) is 0 Å². The van der Waals surface area contributed by atoms with E-state index in [1.165, 1.54) is 0 Å². The van der Waals surface area contributed by atoms with Crippen LogP contribution in [0.1, 0.15) is 31.7 Å². The average molecular weight is 346 g/mol. The number of H-pyrrole nitrogens is 1. The van der Waals surface area contributed by atoms with Crippen molar-refractivity contribution in [1.29, 1.82) is 0 Å². The monoisotopic (exact) mass is 346 g/mol. The first kappa shape index (κ1) is 17.6. The Morgan fingerprint density at radius 1 is 1.21 bits per heavy atom. The van der Waals surface area contributed by atoms with E-state index in [4.69, 9.17) is 0 Å². The van der Waals surface area contributed by atoms with Crippen LogP contribution in [0, 0.1) is 26.1 Å². The molecular weight excluding hydrogens is 333 g/mol. The summed E-state index contributed by atoms with van der Waals surface area (Å²) in [5.74, 6) is -1.29. The number of nitro groups is 2. The predicted molar refractivity (Wildman–Crippen MR) is 77.6 cm³/mol. The van der Waals surface area contributed by atoms with E-state index >= 15 is 0 Å². The molecule has 0 amide bonds. The second-order valence-corrected chi connectivity index (χ2v) is 5.65. The maximum absolute atomic E-state index is 12.9. The van der Waals surface area contributed by atoms with E-state index < -0.39 is 38.7 Å². The second-order valence-electron chi connectivity index (χ2n) is 5.65. The highest BCUT2D eigenvalue weighted by Crippen LogP contribution is 2.38. The lowest BCUT2D eigenvalue weighted by Crippen LogP contribution is -2.07. The van der Waals surface area contributed by atoms with Crippen LogP contribution >= 0.6 is 0 Å². The number of aromatic nitrogens is 2. The minimum absolute atomic E-state index is 0.0164. The summed E-state index contributed by atoms with van der Waals surface area (Å²) in [6.45, 7) is 3.70. The zero-order valence-corrected chi connectivity index (χ0v) is 12.7. The standard InChI is InChI=1S/C13H13F3N4O4/c1-6(2)3-4-7-8(19(21)22)5-9(20(23)24)11-10(7)17-12(18-11)13(14,15)16/h5-6H,3-4H2,1-2H3,(H,17,18). The zero-order valence-electron chi connectivity index (χ0n) is 12.7. The van der Waals surface area contributed by atoms with E-state index in [9.17, 15) is 33.4 Å². The molecule has 1 N–H and O–H groups in total. The molecule has 0 fully saturated rings. The molecule has 0 atom stereocenters. The van der Waals surface area contributed by atoms with E-state index in [1.807, 2.05) is 18.8 Å². The van der Waals surface area contributed by atoms with Crippen molar-refractivity contribution in [1.82, 2.24) is 9.97 Å². The van der Waals surface area contributed by atoms with Gasteiger partial charge in [0.2, 0.25) is 5.82 Å². The van der Waals surface area contributed by atoms with Crippen molar-refractivity contribution in [3.8, 4) is 0 Å². The number of nitro benzene ring substituents is 2. The van der Waals surface area contributed by atoms with E-state index in [1.54, 1.807) is 0 Å². The van der Waals surface area contributed by atoms with Gasteiger partial charge in [-0.2, -0.15) is 13.2 Å². The number of hydrogen-bond donors (Lipinski definition) is 1. The van der Waals surface area contributed by atoms with Gasteiger partial charge in [-0.1, -0.05) is 13.8 Å². The minimum Gasteiger partial charge on any atom is -0.334 e. The number of hydrogen-bond acceptors (Lipinski definition) is 5. The van der Waals surface area contributed by atoms with Crippen molar-refractivity contribution in [3.63, 3.8) is 0 Å². The summed E-state index contributed by atoms with van der Waals surface area (Å²) in [6.07, 6.45) is -4.28. The molecule has 0 aliphatic carbocycles. The van der Waals surface area contributed by atoms with Gasteiger partial charge in [0.15, 0.2) is 5.52 Å². The van der Waals surface area contributed by atoms with E-state index in [0.29, 0.717) is 12.5 Å². The number of nitrogens with zero attached hydrogens (tertiary/aromatic N) is 3. The highest BCUT2D eigenvalue weighted by Gasteiger charge is 2.37. The summed E-state index contributed by atoms with van der Waals surface area (Å²) in [4.78, 5) is 25.7. The molecule has 2 rings (SSSR count). The van der Waals surface area contributed by atoms with Crippen molar-refractivity contribution < 1.29 is 23.0 Å². The quantitative estimate of drug-likeness (QED) is 0.649. The fourth-order valence-corrected chi connectivity index (χ4v) is 2.31. The largest absolute Gasteiger partial charge is 0.449 e. The molecule has 0 saturated heterocycles. The zero-order chi connectivity index (χ0) is 18.2. The lowest BCUT2D eigenvalue weighted by molar-refractivity contribution is -0.393. The van der Waals surface area contributed by atoms with Crippen LogP contribution in [0.25, 0.3) is 11.0 Å². The van der Waals surface area contributed by atoms with Gasteiger partial charge in [0.1, 0.15) is 0 Å². The Balaban J connectivity index is 2.81. The van der Waals surface area contributed by atoms with Gasteiger partial charge in [0.05, 0.1) is 27.0 Å². The number of nitrogens with one attached hydrogen (secondary N) is 1. The molecular formula is C13H13F3N4O4. The lowest BCUT2D eigenvalue weighted by Gasteiger charge is -2.07. The minimum atomic E-state index is -4.85. The Hall–Kier alpha value is -2.72. The number of imidazole rings is 1. The molecule has 0 aliphatic rings. The summed E-state index contributed by atoms with van der Waals surface area (Å²) < 4.78 is 38.6. The van der Waals surface area contributed by atoms with Crippen LogP contribution in [0.2, 0.25) is 0 Å². The summed E-state index contributed by atoms with van der Waals surface area (Å²) in [7, 11) is 0. The van der Waals surface area contributed by atoms with E-state index in [0.717, 1.165) is 0 Å². The molecule has 1 aromatic heterocycles. The first-order valence-corrected chi connectivity index (χ1v) is 6.94. The van der Waals surface area contributed by atoms with Crippen LogP contribution < -0.4 is 0 Å². The molecule has 0 unspecified atom stereocenters. The smallest absolute Gasteiger partial charge is 0.334 e. The molecule has 2 aromatic rings. The lowest BCUT2D eigenvalue weighted by atomic mass is 9.99. The van der Waals surface area contributed by atoms with Gasteiger partial charge >= 0.3 is 11.9 Å². The maximum Gasteiger partial charge on any atom is 0.449 e.